The molecule has 2 aliphatic rings. The fourth-order valence-corrected chi connectivity index (χ4v) is 4.54. The maximum atomic E-state index is 12.6. The summed E-state index contributed by atoms with van der Waals surface area (Å²) >= 11 is 1.68. The van der Waals surface area contributed by atoms with Gasteiger partial charge < -0.3 is 10.2 Å². The molecule has 1 aliphatic heterocycles. The summed E-state index contributed by atoms with van der Waals surface area (Å²) in [4.78, 5) is 28.1. The molecule has 4 nitrogen and oxygen atoms in total. The van der Waals surface area contributed by atoms with E-state index in [0.717, 1.165) is 19.4 Å². The number of hydrogen-bond acceptors (Lipinski definition) is 3. The molecule has 1 unspecified atom stereocenters. The van der Waals surface area contributed by atoms with Gasteiger partial charge in [-0.15, -0.1) is 11.3 Å². The first-order chi connectivity index (χ1) is 11.6. The molecule has 1 atom stereocenters. The van der Waals surface area contributed by atoms with E-state index in [2.05, 4.69) is 11.4 Å². The van der Waals surface area contributed by atoms with Crippen molar-refractivity contribution < 1.29 is 9.59 Å². The van der Waals surface area contributed by atoms with E-state index >= 15 is 0 Å². The first kappa shape index (κ1) is 17.5. The monoisotopic (exact) mass is 348 g/mol. The van der Waals surface area contributed by atoms with Crippen molar-refractivity contribution in [1.82, 2.24) is 10.2 Å². The van der Waals surface area contributed by atoms with Gasteiger partial charge in [-0.25, -0.2) is 0 Å². The molecule has 1 aromatic heterocycles. The topological polar surface area (TPSA) is 49.4 Å². The number of nitrogens with one attached hydrogen (secondary N) is 1. The van der Waals surface area contributed by atoms with Crippen molar-refractivity contribution in [3.8, 4) is 0 Å². The Hall–Kier alpha value is -1.36. The van der Waals surface area contributed by atoms with Gasteiger partial charge in [0, 0.05) is 24.4 Å². The van der Waals surface area contributed by atoms with E-state index in [4.69, 9.17) is 0 Å². The summed E-state index contributed by atoms with van der Waals surface area (Å²) in [5.74, 6) is 0.753. The molecule has 1 saturated carbocycles. The van der Waals surface area contributed by atoms with Crippen LogP contribution < -0.4 is 5.32 Å². The normalized spacial score (nSPS) is 24.5. The van der Waals surface area contributed by atoms with Crippen LogP contribution in [0.5, 0.6) is 0 Å². The summed E-state index contributed by atoms with van der Waals surface area (Å²) in [5, 5.41) is 5.15. The summed E-state index contributed by atoms with van der Waals surface area (Å²) in [7, 11) is 0. The minimum Gasteiger partial charge on any atom is -0.354 e. The Morgan fingerprint density at radius 3 is 2.75 bits per heavy atom. The van der Waals surface area contributed by atoms with Crippen LogP contribution in [0.2, 0.25) is 0 Å². The lowest BCUT2D eigenvalue weighted by Gasteiger charge is -2.49. The van der Waals surface area contributed by atoms with Gasteiger partial charge in [0.2, 0.25) is 11.8 Å². The molecule has 1 aromatic rings. The number of carbonyl (C=O) groups is 2. The quantitative estimate of drug-likeness (QED) is 0.857. The number of carbonyl (C=O) groups excluding carboxylic acids is 2. The first-order valence-electron chi connectivity index (χ1n) is 9.21. The highest BCUT2D eigenvalue weighted by Gasteiger charge is 2.48. The van der Waals surface area contributed by atoms with E-state index in [-0.39, 0.29) is 11.8 Å². The zero-order chi connectivity index (χ0) is 17.0. The molecule has 1 N–H and O–H groups in total. The van der Waals surface area contributed by atoms with Crippen molar-refractivity contribution in [3.05, 3.63) is 22.4 Å². The van der Waals surface area contributed by atoms with Crippen molar-refractivity contribution in [3.63, 3.8) is 0 Å². The second-order valence-electron chi connectivity index (χ2n) is 7.36. The minimum atomic E-state index is -0.638. The summed E-state index contributed by atoms with van der Waals surface area (Å²) in [6, 6.07) is 4.07. The van der Waals surface area contributed by atoms with Gasteiger partial charge >= 0.3 is 0 Å². The van der Waals surface area contributed by atoms with E-state index < -0.39 is 5.54 Å². The number of rotatable bonds is 6. The van der Waals surface area contributed by atoms with Crippen LogP contribution in [-0.4, -0.2) is 35.3 Å². The molecule has 1 saturated heterocycles. The Balaban J connectivity index is 1.48. The number of amides is 2. The molecule has 1 aliphatic carbocycles. The second-order valence-corrected chi connectivity index (χ2v) is 8.39. The van der Waals surface area contributed by atoms with E-state index in [1.165, 1.54) is 37.0 Å². The molecule has 0 spiro atoms. The first-order valence-corrected chi connectivity index (χ1v) is 10.1. The minimum absolute atomic E-state index is 0.0313. The largest absolute Gasteiger partial charge is 0.354 e. The van der Waals surface area contributed by atoms with Gasteiger partial charge in [-0.05, 0) is 50.0 Å². The van der Waals surface area contributed by atoms with Crippen molar-refractivity contribution in [2.75, 3.05) is 13.1 Å². The van der Waals surface area contributed by atoms with Gasteiger partial charge in [-0.1, -0.05) is 25.3 Å². The zero-order valence-electron chi connectivity index (χ0n) is 14.6. The average Bonchev–Trinajstić information content (AvgIpc) is 3.10. The third kappa shape index (κ3) is 3.82. The maximum absolute atomic E-state index is 12.6. The van der Waals surface area contributed by atoms with Crippen LogP contribution >= 0.6 is 11.3 Å². The van der Waals surface area contributed by atoms with Gasteiger partial charge in [-0.3, -0.25) is 9.59 Å². The Morgan fingerprint density at radius 2 is 2.12 bits per heavy atom. The standard InChI is InChI=1S/C19H28N2O2S/c1-19(18(23)20-14-15-6-3-2-4-7-15)11-12-21(19)17(22)10-9-16-8-5-13-24-16/h5,8,13,15H,2-4,6-7,9-12,14H2,1H3,(H,20,23). The van der Waals surface area contributed by atoms with Gasteiger partial charge in [-0.2, -0.15) is 0 Å². The highest BCUT2D eigenvalue weighted by atomic mass is 32.1. The van der Waals surface area contributed by atoms with Crippen LogP contribution in [0, 0.1) is 5.92 Å². The predicted molar refractivity (Wildman–Crippen MR) is 97.0 cm³/mol. The molecule has 0 aromatic carbocycles. The number of aryl methyl sites for hydroxylation is 1. The summed E-state index contributed by atoms with van der Waals surface area (Å²) in [6.07, 6.45) is 8.37. The van der Waals surface area contributed by atoms with E-state index in [1.54, 1.807) is 16.2 Å². The van der Waals surface area contributed by atoms with E-state index in [0.29, 0.717) is 18.9 Å². The fraction of sp³-hybridized carbons (Fsp3) is 0.684. The zero-order valence-corrected chi connectivity index (χ0v) is 15.4. The Labute approximate surface area is 148 Å². The maximum Gasteiger partial charge on any atom is 0.245 e. The molecule has 3 rings (SSSR count). The Morgan fingerprint density at radius 1 is 1.33 bits per heavy atom. The summed E-state index contributed by atoms with van der Waals surface area (Å²) in [6.45, 7) is 3.39. The Bertz CT molecular complexity index is 566. The van der Waals surface area contributed by atoms with Crippen LogP contribution in [0.25, 0.3) is 0 Å². The SMILES string of the molecule is CC1(C(=O)NCC2CCCCC2)CCN1C(=O)CCc1cccs1. The van der Waals surface area contributed by atoms with Gasteiger partial charge in [0.05, 0.1) is 0 Å². The average molecular weight is 349 g/mol. The summed E-state index contributed by atoms with van der Waals surface area (Å²) < 4.78 is 0. The fourth-order valence-electron chi connectivity index (χ4n) is 3.83. The van der Waals surface area contributed by atoms with Crippen molar-refractivity contribution >= 4 is 23.2 Å². The lowest BCUT2D eigenvalue weighted by atomic mass is 9.84. The second kappa shape index (κ2) is 7.68. The molecular formula is C19H28N2O2S. The van der Waals surface area contributed by atoms with Crippen LogP contribution in [0.15, 0.2) is 17.5 Å². The molecule has 2 heterocycles. The smallest absolute Gasteiger partial charge is 0.245 e. The lowest BCUT2D eigenvalue weighted by Crippen LogP contribution is -2.67. The van der Waals surface area contributed by atoms with Crippen LogP contribution in [-0.2, 0) is 16.0 Å². The van der Waals surface area contributed by atoms with Gasteiger partial charge in [0.25, 0.3) is 0 Å². The van der Waals surface area contributed by atoms with Crippen molar-refractivity contribution in [2.24, 2.45) is 5.92 Å². The molecule has 2 fully saturated rings. The molecule has 24 heavy (non-hydrogen) atoms. The molecule has 5 heteroatoms. The Kier molecular flexibility index (Phi) is 5.59. The number of thiophene rings is 1. The summed E-state index contributed by atoms with van der Waals surface area (Å²) in [5.41, 5.74) is -0.638. The molecule has 0 radical (unpaired) electrons. The van der Waals surface area contributed by atoms with E-state index in [9.17, 15) is 9.59 Å². The van der Waals surface area contributed by atoms with Crippen LogP contribution in [0.4, 0.5) is 0 Å². The lowest BCUT2D eigenvalue weighted by molar-refractivity contribution is -0.157. The number of nitrogens with zero attached hydrogens (tertiary/aromatic N) is 1. The van der Waals surface area contributed by atoms with Gasteiger partial charge in [0.15, 0.2) is 0 Å². The number of likely N-dealkylation sites (tertiary alicyclic amines) is 1. The highest BCUT2D eigenvalue weighted by Crippen LogP contribution is 2.32. The van der Waals surface area contributed by atoms with Crippen LogP contribution in [0.3, 0.4) is 0 Å². The van der Waals surface area contributed by atoms with Gasteiger partial charge in [0.1, 0.15) is 5.54 Å². The highest BCUT2D eigenvalue weighted by molar-refractivity contribution is 7.09. The van der Waals surface area contributed by atoms with Crippen LogP contribution in [0.1, 0.15) is 56.7 Å². The predicted octanol–water partition coefficient (Wildman–Crippen LogP) is 3.37. The number of hydrogen-bond donors (Lipinski definition) is 1. The molecule has 0 bridgehead atoms. The van der Waals surface area contributed by atoms with Crippen molar-refractivity contribution in [1.29, 1.82) is 0 Å². The van der Waals surface area contributed by atoms with E-state index in [1.807, 2.05) is 18.4 Å². The molecular weight excluding hydrogens is 320 g/mol. The molecule has 2 amide bonds. The van der Waals surface area contributed by atoms with Crippen molar-refractivity contribution in [2.45, 2.75) is 63.8 Å². The third-order valence-corrected chi connectivity index (χ3v) is 6.59. The molecule has 132 valence electrons. The third-order valence-electron chi connectivity index (χ3n) is 5.65.